The lowest BCUT2D eigenvalue weighted by Gasteiger charge is -2.09. The van der Waals surface area contributed by atoms with Crippen LogP contribution < -0.4 is 5.73 Å². The smallest absolute Gasteiger partial charge is 0.123 e. The highest BCUT2D eigenvalue weighted by Crippen LogP contribution is 2.36. The highest BCUT2D eigenvalue weighted by atomic mass is 79.9. The van der Waals surface area contributed by atoms with Crippen LogP contribution >= 0.6 is 43.6 Å². The van der Waals surface area contributed by atoms with Crippen molar-refractivity contribution in [1.82, 2.24) is 0 Å². The summed E-state index contributed by atoms with van der Waals surface area (Å²) in [5.74, 6) is 0.0806. The van der Waals surface area contributed by atoms with Crippen molar-refractivity contribution < 1.29 is 0 Å². The van der Waals surface area contributed by atoms with Crippen LogP contribution in [-0.4, -0.2) is 5.84 Å². The molecule has 0 heterocycles. The minimum absolute atomic E-state index is 0.0806. The normalized spacial score (nSPS) is 10.3. The van der Waals surface area contributed by atoms with Gasteiger partial charge in [-0.3, -0.25) is 5.41 Å². The molecule has 0 aliphatic rings. The molecule has 3 N–H and O–H groups in total. The summed E-state index contributed by atoms with van der Waals surface area (Å²) in [5, 5.41) is 7.60. The van der Waals surface area contributed by atoms with Gasteiger partial charge in [-0.25, -0.2) is 0 Å². The van der Waals surface area contributed by atoms with E-state index in [-0.39, 0.29) is 5.84 Å². The van der Waals surface area contributed by atoms with Gasteiger partial charge in [-0.2, -0.15) is 0 Å². The number of nitrogens with two attached hydrogens (primary N) is 1. The van der Waals surface area contributed by atoms with Crippen molar-refractivity contribution in [2.75, 3.05) is 0 Å². The quantitative estimate of drug-likeness (QED) is 0.596. The molecule has 2 nitrogen and oxygen atoms in total. The van der Waals surface area contributed by atoms with Gasteiger partial charge in [0.25, 0.3) is 0 Å². The Morgan fingerprint density at radius 2 is 1.78 bits per heavy atom. The molecule has 0 fully saturated rings. The summed E-state index contributed by atoms with van der Waals surface area (Å²) in [4.78, 5) is 2.06. The third-order valence-corrected chi connectivity index (χ3v) is 4.87. The van der Waals surface area contributed by atoms with Gasteiger partial charge in [0.15, 0.2) is 0 Å². The number of nitrogens with one attached hydrogen (secondary N) is 1. The van der Waals surface area contributed by atoms with Crippen LogP contribution in [0.1, 0.15) is 5.56 Å². The van der Waals surface area contributed by atoms with Crippen LogP contribution in [0.15, 0.2) is 61.2 Å². The van der Waals surface area contributed by atoms with E-state index in [1.165, 1.54) is 0 Å². The number of benzene rings is 2. The van der Waals surface area contributed by atoms with Crippen molar-refractivity contribution in [1.29, 1.82) is 5.41 Å². The van der Waals surface area contributed by atoms with Gasteiger partial charge in [-0.1, -0.05) is 39.8 Å². The fraction of sp³-hybridized carbons (Fsp3) is 0. The van der Waals surface area contributed by atoms with E-state index in [0.29, 0.717) is 0 Å². The standard InChI is InChI=1S/C13H10Br2N2S/c14-8-5-6-9(13(16)17)12(7-8)18-11-4-2-1-3-10(11)15/h1-7H,(H3,16,17). The topological polar surface area (TPSA) is 49.9 Å². The van der Waals surface area contributed by atoms with E-state index in [1.54, 1.807) is 11.8 Å². The van der Waals surface area contributed by atoms with Crippen LogP contribution in [0, 0.1) is 5.41 Å². The Labute approximate surface area is 127 Å². The number of halogens is 2. The Bertz CT molecular complexity index is 599. The van der Waals surface area contributed by atoms with Crippen LogP contribution in [-0.2, 0) is 0 Å². The second-order valence-electron chi connectivity index (χ2n) is 3.59. The molecule has 92 valence electrons. The molecule has 0 unspecified atom stereocenters. The van der Waals surface area contributed by atoms with Gasteiger partial charge < -0.3 is 5.73 Å². The average Bonchev–Trinajstić information content (AvgIpc) is 2.32. The zero-order valence-electron chi connectivity index (χ0n) is 9.28. The van der Waals surface area contributed by atoms with Crippen LogP contribution in [0.2, 0.25) is 0 Å². The third kappa shape index (κ3) is 3.16. The van der Waals surface area contributed by atoms with Crippen LogP contribution in [0.3, 0.4) is 0 Å². The lowest BCUT2D eigenvalue weighted by Crippen LogP contribution is -2.12. The summed E-state index contributed by atoms with van der Waals surface area (Å²) in [6.07, 6.45) is 0. The molecular formula is C13H10Br2N2S. The molecule has 2 rings (SSSR count). The molecule has 0 saturated carbocycles. The minimum atomic E-state index is 0.0806. The molecule has 0 aromatic heterocycles. The van der Waals surface area contributed by atoms with Crippen molar-refractivity contribution in [2.24, 2.45) is 5.73 Å². The lowest BCUT2D eigenvalue weighted by molar-refractivity contribution is 1.31. The number of rotatable bonds is 3. The maximum absolute atomic E-state index is 7.60. The van der Waals surface area contributed by atoms with Gasteiger partial charge in [0, 0.05) is 24.3 Å². The van der Waals surface area contributed by atoms with Gasteiger partial charge in [-0.05, 0) is 46.3 Å². The van der Waals surface area contributed by atoms with E-state index in [9.17, 15) is 0 Å². The molecule has 0 saturated heterocycles. The predicted octanol–water partition coefficient (Wildman–Crippen LogP) is 4.65. The van der Waals surface area contributed by atoms with Gasteiger partial charge >= 0.3 is 0 Å². The van der Waals surface area contributed by atoms with E-state index in [4.69, 9.17) is 11.1 Å². The first-order chi connectivity index (χ1) is 8.58. The molecule has 0 aliphatic heterocycles. The molecule has 2 aromatic rings. The first kappa shape index (κ1) is 13.6. The summed E-state index contributed by atoms with van der Waals surface area (Å²) in [7, 11) is 0. The van der Waals surface area contributed by atoms with Gasteiger partial charge in [-0.15, -0.1) is 0 Å². The molecule has 0 aliphatic carbocycles. The Kier molecular flexibility index (Phi) is 4.48. The first-order valence-corrected chi connectivity index (χ1v) is 7.54. The molecule has 2 aromatic carbocycles. The molecule has 0 amide bonds. The number of hydrogen-bond acceptors (Lipinski definition) is 2. The monoisotopic (exact) mass is 384 g/mol. The van der Waals surface area contributed by atoms with Crippen molar-refractivity contribution in [2.45, 2.75) is 9.79 Å². The zero-order valence-corrected chi connectivity index (χ0v) is 13.3. The van der Waals surface area contributed by atoms with E-state index in [2.05, 4.69) is 31.9 Å². The number of nitrogen functional groups attached to an aromatic ring is 1. The maximum Gasteiger partial charge on any atom is 0.123 e. The molecular weight excluding hydrogens is 376 g/mol. The first-order valence-electron chi connectivity index (χ1n) is 5.14. The van der Waals surface area contributed by atoms with Crippen LogP contribution in [0.4, 0.5) is 0 Å². The number of amidine groups is 1. The fourth-order valence-corrected chi connectivity index (χ4v) is 3.51. The minimum Gasteiger partial charge on any atom is -0.384 e. The van der Waals surface area contributed by atoms with E-state index in [0.717, 1.165) is 24.3 Å². The van der Waals surface area contributed by atoms with E-state index < -0.39 is 0 Å². The maximum atomic E-state index is 7.60. The molecule has 5 heteroatoms. The molecule has 0 atom stereocenters. The molecule has 0 bridgehead atoms. The summed E-state index contributed by atoms with van der Waals surface area (Å²) in [5.41, 5.74) is 6.35. The average molecular weight is 386 g/mol. The summed E-state index contributed by atoms with van der Waals surface area (Å²) in [6, 6.07) is 13.7. The van der Waals surface area contributed by atoms with E-state index >= 15 is 0 Å². The lowest BCUT2D eigenvalue weighted by atomic mass is 10.2. The van der Waals surface area contributed by atoms with Crippen molar-refractivity contribution >= 4 is 49.5 Å². The predicted molar refractivity (Wildman–Crippen MR) is 83.4 cm³/mol. The van der Waals surface area contributed by atoms with Crippen molar-refractivity contribution in [3.8, 4) is 0 Å². The Balaban J connectivity index is 2.42. The summed E-state index contributed by atoms with van der Waals surface area (Å²) in [6.45, 7) is 0. The Hall–Kier alpha value is -0.780. The van der Waals surface area contributed by atoms with Crippen molar-refractivity contribution in [3.05, 3.63) is 57.0 Å². The molecule has 0 radical (unpaired) electrons. The van der Waals surface area contributed by atoms with Crippen molar-refractivity contribution in [3.63, 3.8) is 0 Å². The Morgan fingerprint density at radius 1 is 1.06 bits per heavy atom. The van der Waals surface area contributed by atoms with Crippen LogP contribution in [0.25, 0.3) is 0 Å². The van der Waals surface area contributed by atoms with Gasteiger partial charge in [0.05, 0.1) is 0 Å². The SMILES string of the molecule is N=C(N)c1ccc(Br)cc1Sc1ccccc1Br. The molecule has 18 heavy (non-hydrogen) atoms. The largest absolute Gasteiger partial charge is 0.384 e. The fourth-order valence-electron chi connectivity index (χ4n) is 1.45. The Morgan fingerprint density at radius 3 is 2.44 bits per heavy atom. The van der Waals surface area contributed by atoms with Crippen LogP contribution in [0.5, 0.6) is 0 Å². The highest BCUT2D eigenvalue weighted by Gasteiger charge is 2.09. The molecule has 0 spiro atoms. The zero-order chi connectivity index (χ0) is 13.1. The third-order valence-electron chi connectivity index (χ3n) is 2.29. The second kappa shape index (κ2) is 5.91. The van der Waals surface area contributed by atoms with Gasteiger partial charge in [0.2, 0.25) is 0 Å². The van der Waals surface area contributed by atoms with E-state index in [1.807, 2.05) is 42.5 Å². The summed E-state index contributed by atoms with van der Waals surface area (Å²) >= 11 is 8.54. The second-order valence-corrected chi connectivity index (χ2v) is 6.44. The summed E-state index contributed by atoms with van der Waals surface area (Å²) < 4.78 is 2.01. The van der Waals surface area contributed by atoms with Gasteiger partial charge in [0.1, 0.15) is 5.84 Å². The highest BCUT2D eigenvalue weighted by molar-refractivity contribution is 9.10. The number of hydrogen-bond donors (Lipinski definition) is 2.